The van der Waals surface area contributed by atoms with Crippen molar-refractivity contribution in [1.29, 1.82) is 0 Å². The minimum atomic E-state index is -0.966. The normalized spacial score (nSPS) is 13.6. The fraction of sp³-hybridized carbons (Fsp3) is 0.857. The summed E-state index contributed by atoms with van der Waals surface area (Å²) >= 11 is 1.58. The molecule has 5 nitrogen and oxygen atoms in total. The Labute approximate surface area is 126 Å². The Morgan fingerprint density at radius 3 is 2.45 bits per heavy atom. The molecule has 0 bridgehead atoms. The van der Waals surface area contributed by atoms with E-state index in [4.69, 9.17) is 5.11 Å². The van der Waals surface area contributed by atoms with Crippen LogP contribution in [0.5, 0.6) is 0 Å². The highest BCUT2D eigenvalue weighted by Crippen LogP contribution is 2.08. The molecule has 2 amide bonds. The number of carbonyl (C=O) groups is 2. The van der Waals surface area contributed by atoms with E-state index in [1.165, 1.54) is 0 Å². The molecule has 6 heteroatoms. The van der Waals surface area contributed by atoms with Crippen molar-refractivity contribution in [3.8, 4) is 0 Å². The van der Waals surface area contributed by atoms with Crippen molar-refractivity contribution in [3.63, 3.8) is 0 Å². The Hall–Kier alpha value is -0.910. The number of carboxylic acid groups (broad SMARTS) is 1. The quantitative estimate of drug-likeness (QED) is 0.651. The summed E-state index contributed by atoms with van der Waals surface area (Å²) in [5.74, 6) is -0.248. The highest BCUT2D eigenvalue weighted by Gasteiger charge is 2.24. The van der Waals surface area contributed by atoms with Gasteiger partial charge >= 0.3 is 12.0 Å². The number of thioether (sulfide) groups is 1. The Kier molecular flexibility index (Phi) is 10.3. The fourth-order valence-corrected chi connectivity index (χ4v) is 2.27. The van der Waals surface area contributed by atoms with E-state index in [0.717, 1.165) is 25.0 Å². The zero-order valence-corrected chi connectivity index (χ0v) is 13.8. The molecule has 0 heterocycles. The lowest BCUT2D eigenvalue weighted by Crippen LogP contribution is -2.51. The van der Waals surface area contributed by atoms with Gasteiger partial charge in [0.15, 0.2) is 0 Å². The second kappa shape index (κ2) is 10.8. The first-order chi connectivity index (χ1) is 9.47. The minimum absolute atomic E-state index is 0.122. The van der Waals surface area contributed by atoms with Gasteiger partial charge in [-0.3, -0.25) is 0 Å². The molecule has 0 aliphatic carbocycles. The summed E-state index contributed by atoms with van der Waals surface area (Å²) < 4.78 is 0. The first-order valence-electron chi connectivity index (χ1n) is 7.26. The number of hydrogen-bond acceptors (Lipinski definition) is 3. The SMILES string of the molecule is CCCCN(C(=O)NC(CCSC)C(=O)O)C(C)CC. The van der Waals surface area contributed by atoms with Crippen LogP contribution in [0.2, 0.25) is 0 Å². The number of amides is 2. The first kappa shape index (κ1) is 19.1. The van der Waals surface area contributed by atoms with Crippen LogP contribution in [0.15, 0.2) is 0 Å². The Bertz CT molecular complexity index is 300. The fourth-order valence-electron chi connectivity index (χ4n) is 1.80. The van der Waals surface area contributed by atoms with Gasteiger partial charge in [0.05, 0.1) is 0 Å². The maximum Gasteiger partial charge on any atom is 0.326 e. The summed E-state index contributed by atoms with van der Waals surface area (Å²) in [5, 5.41) is 11.8. The van der Waals surface area contributed by atoms with Crippen LogP contribution in [0.1, 0.15) is 46.5 Å². The predicted octanol–water partition coefficient (Wildman–Crippen LogP) is 2.80. The summed E-state index contributed by atoms with van der Waals surface area (Å²) in [4.78, 5) is 25.2. The van der Waals surface area contributed by atoms with E-state index in [9.17, 15) is 9.59 Å². The Balaban J connectivity index is 4.64. The van der Waals surface area contributed by atoms with Crippen molar-refractivity contribution < 1.29 is 14.7 Å². The van der Waals surface area contributed by atoms with Crippen LogP contribution in [0.25, 0.3) is 0 Å². The molecule has 0 aliphatic heterocycles. The van der Waals surface area contributed by atoms with Gasteiger partial charge in [0, 0.05) is 12.6 Å². The lowest BCUT2D eigenvalue weighted by Gasteiger charge is -2.30. The maximum atomic E-state index is 12.3. The van der Waals surface area contributed by atoms with Crippen molar-refractivity contribution >= 4 is 23.8 Å². The number of rotatable bonds is 10. The maximum absolute atomic E-state index is 12.3. The number of hydrogen-bond donors (Lipinski definition) is 2. The van der Waals surface area contributed by atoms with Crippen LogP contribution in [-0.2, 0) is 4.79 Å². The second-order valence-corrected chi connectivity index (χ2v) is 5.91. The van der Waals surface area contributed by atoms with Gasteiger partial charge in [-0.1, -0.05) is 20.3 Å². The van der Waals surface area contributed by atoms with Gasteiger partial charge in [-0.15, -0.1) is 0 Å². The summed E-state index contributed by atoms with van der Waals surface area (Å²) in [6, 6.07) is -0.944. The molecule has 0 aromatic carbocycles. The minimum Gasteiger partial charge on any atom is -0.480 e. The van der Waals surface area contributed by atoms with E-state index < -0.39 is 12.0 Å². The van der Waals surface area contributed by atoms with Crippen molar-refractivity contribution in [1.82, 2.24) is 10.2 Å². The van der Waals surface area contributed by atoms with Gasteiger partial charge in [-0.05, 0) is 38.2 Å². The smallest absolute Gasteiger partial charge is 0.326 e. The number of urea groups is 1. The molecule has 0 saturated carbocycles. The standard InChI is InChI=1S/C14H28N2O3S/c1-5-7-9-16(11(3)6-2)14(19)15-12(13(17)18)8-10-20-4/h11-12H,5-10H2,1-4H3,(H,15,19)(H,17,18). The average molecular weight is 304 g/mol. The number of carboxylic acids is 1. The van der Waals surface area contributed by atoms with E-state index in [-0.39, 0.29) is 12.1 Å². The molecule has 0 fully saturated rings. The van der Waals surface area contributed by atoms with Gasteiger partial charge in [0.25, 0.3) is 0 Å². The predicted molar refractivity (Wildman–Crippen MR) is 84.3 cm³/mol. The zero-order valence-electron chi connectivity index (χ0n) is 13.0. The second-order valence-electron chi connectivity index (χ2n) is 4.93. The third-order valence-corrected chi connectivity index (χ3v) is 3.99. The molecule has 0 spiro atoms. The molecule has 2 N–H and O–H groups in total. The number of nitrogens with zero attached hydrogens (tertiary/aromatic N) is 1. The van der Waals surface area contributed by atoms with Gasteiger partial charge in [0.2, 0.25) is 0 Å². The van der Waals surface area contributed by atoms with E-state index >= 15 is 0 Å². The summed E-state index contributed by atoms with van der Waals surface area (Å²) in [6.45, 7) is 6.77. The third kappa shape index (κ3) is 7.03. The Morgan fingerprint density at radius 1 is 1.35 bits per heavy atom. The van der Waals surface area contributed by atoms with Gasteiger partial charge in [-0.25, -0.2) is 9.59 Å². The van der Waals surface area contributed by atoms with Crippen molar-refractivity contribution in [3.05, 3.63) is 0 Å². The summed E-state index contributed by atoms with van der Waals surface area (Å²) in [5.41, 5.74) is 0. The topological polar surface area (TPSA) is 69.6 Å². The van der Waals surface area contributed by atoms with Crippen LogP contribution in [0.4, 0.5) is 4.79 Å². The molecule has 2 unspecified atom stereocenters. The zero-order chi connectivity index (χ0) is 15.5. The molecule has 20 heavy (non-hydrogen) atoms. The van der Waals surface area contributed by atoms with Crippen LogP contribution in [0, 0.1) is 0 Å². The van der Waals surface area contributed by atoms with Crippen LogP contribution >= 0.6 is 11.8 Å². The molecule has 0 aromatic heterocycles. The first-order valence-corrected chi connectivity index (χ1v) is 8.66. The molecule has 118 valence electrons. The van der Waals surface area contributed by atoms with E-state index in [0.29, 0.717) is 13.0 Å². The molecule has 0 aromatic rings. The number of aliphatic carboxylic acids is 1. The lowest BCUT2D eigenvalue weighted by atomic mass is 10.2. The highest BCUT2D eigenvalue weighted by atomic mass is 32.2. The lowest BCUT2D eigenvalue weighted by molar-refractivity contribution is -0.139. The van der Waals surface area contributed by atoms with Crippen molar-refractivity contribution in [2.75, 3.05) is 18.6 Å². The van der Waals surface area contributed by atoms with Crippen LogP contribution in [0.3, 0.4) is 0 Å². The number of nitrogens with one attached hydrogen (secondary N) is 1. The van der Waals surface area contributed by atoms with Crippen LogP contribution < -0.4 is 5.32 Å². The molecular formula is C14H28N2O3S. The number of unbranched alkanes of at least 4 members (excludes halogenated alkanes) is 1. The van der Waals surface area contributed by atoms with Gasteiger partial charge in [0.1, 0.15) is 6.04 Å². The van der Waals surface area contributed by atoms with E-state index in [1.807, 2.05) is 20.1 Å². The van der Waals surface area contributed by atoms with Crippen molar-refractivity contribution in [2.24, 2.45) is 0 Å². The average Bonchev–Trinajstić information content (AvgIpc) is 2.42. The molecule has 0 aliphatic rings. The van der Waals surface area contributed by atoms with Crippen molar-refractivity contribution in [2.45, 2.75) is 58.5 Å². The largest absolute Gasteiger partial charge is 0.480 e. The van der Waals surface area contributed by atoms with E-state index in [2.05, 4.69) is 12.2 Å². The molecule has 0 radical (unpaired) electrons. The molecule has 2 atom stereocenters. The summed E-state index contributed by atoms with van der Waals surface area (Å²) in [6.07, 6.45) is 5.17. The molecule has 0 saturated heterocycles. The monoisotopic (exact) mass is 304 g/mol. The molecular weight excluding hydrogens is 276 g/mol. The van der Waals surface area contributed by atoms with E-state index in [1.54, 1.807) is 16.7 Å². The van der Waals surface area contributed by atoms with Crippen LogP contribution in [-0.4, -0.2) is 52.6 Å². The van der Waals surface area contributed by atoms with Gasteiger partial charge in [-0.2, -0.15) is 11.8 Å². The summed E-state index contributed by atoms with van der Waals surface area (Å²) in [7, 11) is 0. The Morgan fingerprint density at radius 2 is 2.00 bits per heavy atom. The number of carbonyl (C=O) groups excluding carboxylic acids is 1. The molecule has 0 rings (SSSR count). The third-order valence-electron chi connectivity index (χ3n) is 3.34. The highest BCUT2D eigenvalue weighted by molar-refractivity contribution is 7.98. The van der Waals surface area contributed by atoms with Gasteiger partial charge < -0.3 is 15.3 Å².